The van der Waals surface area contributed by atoms with E-state index < -0.39 is 0 Å². The lowest BCUT2D eigenvalue weighted by molar-refractivity contribution is 0.273. The Hall–Kier alpha value is -0.120. The molecule has 3 nitrogen and oxygen atoms in total. The van der Waals surface area contributed by atoms with Crippen molar-refractivity contribution in [2.75, 3.05) is 13.1 Å². The van der Waals surface area contributed by atoms with Crippen LogP contribution in [0.1, 0.15) is 26.2 Å². The molecule has 12 heavy (non-hydrogen) atoms. The molecule has 3 N–H and O–H groups in total. The Bertz CT molecular complexity index is 149. The topological polar surface area (TPSA) is 36.1 Å². The van der Waals surface area contributed by atoms with E-state index in [4.69, 9.17) is 0 Å². The SMILES string of the molecule is CC1NCCCC2CCNC2N1. The van der Waals surface area contributed by atoms with E-state index in [1.165, 1.54) is 25.8 Å². The van der Waals surface area contributed by atoms with Crippen molar-refractivity contribution in [1.82, 2.24) is 16.0 Å². The summed E-state index contributed by atoms with van der Waals surface area (Å²) >= 11 is 0. The van der Waals surface area contributed by atoms with Crippen molar-refractivity contribution in [2.24, 2.45) is 5.92 Å². The Labute approximate surface area is 74.3 Å². The maximum absolute atomic E-state index is 3.56. The molecule has 3 unspecified atom stereocenters. The van der Waals surface area contributed by atoms with Crippen LogP contribution >= 0.6 is 0 Å². The predicted octanol–water partition coefficient (Wildman–Crippen LogP) is 0.241. The fourth-order valence-electron chi connectivity index (χ4n) is 2.27. The molecule has 2 aliphatic rings. The summed E-state index contributed by atoms with van der Waals surface area (Å²) in [5, 5.41) is 10.5. The zero-order chi connectivity index (χ0) is 8.39. The predicted molar refractivity (Wildman–Crippen MR) is 49.7 cm³/mol. The second-order valence-electron chi connectivity index (χ2n) is 3.97. The molecule has 3 atom stereocenters. The van der Waals surface area contributed by atoms with E-state index in [1.807, 2.05) is 0 Å². The average molecular weight is 169 g/mol. The molecule has 0 aromatic carbocycles. The third-order valence-corrected chi connectivity index (χ3v) is 2.98. The van der Waals surface area contributed by atoms with Crippen LogP contribution in [0.5, 0.6) is 0 Å². The maximum Gasteiger partial charge on any atom is 0.0613 e. The second kappa shape index (κ2) is 3.73. The van der Waals surface area contributed by atoms with Gasteiger partial charge in [0.05, 0.1) is 12.3 Å². The monoisotopic (exact) mass is 169 g/mol. The summed E-state index contributed by atoms with van der Waals surface area (Å²) in [7, 11) is 0. The van der Waals surface area contributed by atoms with Crippen molar-refractivity contribution in [3.05, 3.63) is 0 Å². The van der Waals surface area contributed by atoms with Gasteiger partial charge in [-0.05, 0) is 45.2 Å². The standard InChI is InChI=1S/C9H19N3/c1-7-10-5-2-3-8-4-6-11-9(8)12-7/h7-12H,2-6H2,1H3. The van der Waals surface area contributed by atoms with Gasteiger partial charge in [-0.1, -0.05) is 0 Å². The fourth-order valence-corrected chi connectivity index (χ4v) is 2.27. The zero-order valence-corrected chi connectivity index (χ0v) is 7.77. The molecule has 2 saturated heterocycles. The Morgan fingerprint density at radius 3 is 2.92 bits per heavy atom. The molecule has 0 aromatic heterocycles. The molecule has 2 fully saturated rings. The second-order valence-corrected chi connectivity index (χ2v) is 3.97. The Morgan fingerprint density at radius 2 is 2.00 bits per heavy atom. The van der Waals surface area contributed by atoms with E-state index in [1.54, 1.807) is 0 Å². The molecule has 2 rings (SSSR count). The van der Waals surface area contributed by atoms with Crippen LogP contribution in [0.3, 0.4) is 0 Å². The van der Waals surface area contributed by atoms with Crippen molar-refractivity contribution in [3.63, 3.8) is 0 Å². The third kappa shape index (κ3) is 1.79. The van der Waals surface area contributed by atoms with Crippen molar-refractivity contribution in [2.45, 2.75) is 38.5 Å². The summed E-state index contributed by atoms with van der Waals surface area (Å²) in [4.78, 5) is 0. The van der Waals surface area contributed by atoms with Crippen LogP contribution in [0, 0.1) is 5.92 Å². The van der Waals surface area contributed by atoms with Crippen molar-refractivity contribution >= 4 is 0 Å². The molecule has 0 amide bonds. The molecule has 70 valence electrons. The third-order valence-electron chi connectivity index (χ3n) is 2.98. The molecule has 0 aromatic rings. The first kappa shape index (κ1) is 8.48. The van der Waals surface area contributed by atoms with E-state index in [0.29, 0.717) is 12.3 Å². The summed E-state index contributed by atoms with van der Waals surface area (Å²) in [5.41, 5.74) is 0. The largest absolute Gasteiger partial charge is 0.302 e. The summed E-state index contributed by atoms with van der Waals surface area (Å²) in [5.74, 6) is 0.870. The van der Waals surface area contributed by atoms with Gasteiger partial charge in [0.25, 0.3) is 0 Å². The molecule has 0 spiro atoms. The van der Waals surface area contributed by atoms with Crippen LogP contribution in [0.4, 0.5) is 0 Å². The highest BCUT2D eigenvalue weighted by atomic mass is 15.2. The summed E-state index contributed by atoms with van der Waals surface area (Å²) < 4.78 is 0. The fraction of sp³-hybridized carbons (Fsp3) is 1.00. The van der Waals surface area contributed by atoms with Crippen LogP contribution in [0.2, 0.25) is 0 Å². The highest BCUT2D eigenvalue weighted by Gasteiger charge is 2.28. The van der Waals surface area contributed by atoms with Crippen LogP contribution in [0.15, 0.2) is 0 Å². The summed E-state index contributed by atoms with van der Waals surface area (Å²) in [6, 6.07) is 0. The number of hydrogen-bond donors (Lipinski definition) is 3. The quantitative estimate of drug-likeness (QED) is 0.486. The van der Waals surface area contributed by atoms with E-state index in [2.05, 4.69) is 22.9 Å². The first-order chi connectivity index (χ1) is 5.86. The molecule has 3 heteroatoms. The lowest BCUT2D eigenvalue weighted by Crippen LogP contribution is -2.53. The minimum Gasteiger partial charge on any atom is -0.302 e. The molecule has 2 aliphatic heterocycles. The van der Waals surface area contributed by atoms with Crippen LogP contribution in [-0.2, 0) is 0 Å². The number of rotatable bonds is 0. The van der Waals surface area contributed by atoms with Gasteiger partial charge in [-0.3, -0.25) is 5.32 Å². The van der Waals surface area contributed by atoms with Crippen LogP contribution < -0.4 is 16.0 Å². The highest BCUT2D eigenvalue weighted by molar-refractivity contribution is 4.84. The highest BCUT2D eigenvalue weighted by Crippen LogP contribution is 2.20. The van der Waals surface area contributed by atoms with Crippen molar-refractivity contribution in [1.29, 1.82) is 0 Å². The molecule has 2 heterocycles. The van der Waals surface area contributed by atoms with Crippen molar-refractivity contribution in [3.8, 4) is 0 Å². The van der Waals surface area contributed by atoms with Crippen LogP contribution in [-0.4, -0.2) is 25.4 Å². The van der Waals surface area contributed by atoms with E-state index in [-0.39, 0.29) is 0 Å². The molecular weight excluding hydrogens is 150 g/mol. The average Bonchev–Trinajstić information content (AvgIpc) is 2.42. The number of nitrogens with one attached hydrogen (secondary N) is 3. The van der Waals surface area contributed by atoms with Gasteiger partial charge in [-0.2, -0.15) is 0 Å². The number of hydrogen-bond acceptors (Lipinski definition) is 3. The molecule has 0 saturated carbocycles. The van der Waals surface area contributed by atoms with Crippen molar-refractivity contribution < 1.29 is 0 Å². The minimum atomic E-state index is 0.461. The normalized spacial score (nSPS) is 43.2. The van der Waals surface area contributed by atoms with Gasteiger partial charge in [0.1, 0.15) is 0 Å². The van der Waals surface area contributed by atoms with Gasteiger partial charge < -0.3 is 10.6 Å². The Kier molecular flexibility index (Phi) is 2.63. The van der Waals surface area contributed by atoms with Gasteiger partial charge in [0.2, 0.25) is 0 Å². The van der Waals surface area contributed by atoms with E-state index >= 15 is 0 Å². The summed E-state index contributed by atoms with van der Waals surface area (Å²) in [6.07, 6.45) is 5.07. The Morgan fingerprint density at radius 1 is 1.08 bits per heavy atom. The van der Waals surface area contributed by atoms with Gasteiger partial charge >= 0.3 is 0 Å². The van der Waals surface area contributed by atoms with E-state index in [9.17, 15) is 0 Å². The van der Waals surface area contributed by atoms with Gasteiger partial charge in [0, 0.05) is 0 Å². The zero-order valence-electron chi connectivity index (χ0n) is 7.77. The van der Waals surface area contributed by atoms with Gasteiger partial charge in [-0.15, -0.1) is 0 Å². The lowest BCUT2D eigenvalue weighted by atomic mass is 9.98. The maximum atomic E-state index is 3.56. The molecule has 0 radical (unpaired) electrons. The summed E-state index contributed by atoms with van der Waals surface area (Å²) in [6.45, 7) is 4.55. The smallest absolute Gasteiger partial charge is 0.0613 e. The van der Waals surface area contributed by atoms with Gasteiger partial charge in [0.15, 0.2) is 0 Å². The van der Waals surface area contributed by atoms with Crippen LogP contribution in [0.25, 0.3) is 0 Å². The first-order valence-corrected chi connectivity index (χ1v) is 5.09. The minimum absolute atomic E-state index is 0.461. The molecule has 0 aliphatic carbocycles. The van der Waals surface area contributed by atoms with E-state index in [0.717, 1.165) is 12.5 Å². The lowest BCUT2D eigenvalue weighted by Gasteiger charge is -2.28. The van der Waals surface area contributed by atoms with Gasteiger partial charge in [-0.25, -0.2) is 0 Å². The first-order valence-electron chi connectivity index (χ1n) is 5.09. The molecular formula is C9H19N3. The molecule has 0 bridgehead atoms. The number of fused-ring (bicyclic) bond motifs is 1. The Balaban J connectivity index is 1.94.